The highest BCUT2D eigenvalue weighted by Gasteiger charge is 2.24. The lowest BCUT2D eigenvalue weighted by Gasteiger charge is -2.21. The highest BCUT2D eigenvalue weighted by atomic mass is 16.2. The van der Waals surface area contributed by atoms with Crippen LogP contribution >= 0.6 is 0 Å². The van der Waals surface area contributed by atoms with Crippen LogP contribution in [0.15, 0.2) is 77.9 Å². The number of aryl methyl sites for hydroxylation is 2. The van der Waals surface area contributed by atoms with Crippen molar-refractivity contribution in [2.45, 2.75) is 26.8 Å². The first kappa shape index (κ1) is 26.5. The molecule has 2 aromatic carbocycles. The first-order chi connectivity index (χ1) is 20.2. The largest absolute Gasteiger partial charge is 0.381 e. The minimum absolute atomic E-state index is 0.0764. The van der Waals surface area contributed by atoms with Gasteiger partial charge < -0.3 is 11.1 Å². The van der Waals surface area contributed by atoms with Crippen molar-refractivity contribution in [2.75, 3.05) is 5.73 Å². The summed E-state index contributed by atoms with van der Waals surface area (Å²) >= 11 is 0. The zero-order chi connectivity index (χ0) is 29.5. The normalized spacial score (nSPS) is 11.8. The van der Waals surface area contributed by atoms with E-state index in [4.69, 9.17) is 5.73 Å². The molecular weight excluding hydrogens is 528 g/mol. The van der Waals surface area contributed by atoms with Crippen molar-refractivity contribution in [3.63, 3.8) is 0 Å². The third kappa shape index (κ3) is 4.47. The summed E-state index contributed by atoms with van der Waals surface area (Å²) in [5, 5.41) is 12.8. The van der Waals surface area contributed by atoms with Crippen LogP contribution in [0.4, 0.5) is 5.82 Å². The maximum atomic E-state index is 14.3. The first-order valence-corrected chi connectivity index (χ1v) is 13.4. The number of hydrogen-bond donors (Lipinski definition) is 2. The number of carbonyl (C=O) groups excluding carboxylic acids is 1. The van der Waals surface area contributed by atoms with Gasteiger partial charge in [0.2, 0.25) is 0 Å². The number of aromatic nitrogens is 6. The lowest BCUT2D eigenvalue weighted by Crippen LogP contribution is -2.32. The number of anilines is 1. The quantitative estimate of drug-likeness (QED) is 0.318. The molecule has 0 radical (unpaired) electrons. The SMILES string of the molecule is Cc1c(C#Cc2cccc3cc(C(C)NC(=O)c4c(N)nn5c(C)ccnc45)n(-c4ccccc4)c(=O)c23)cnn1C. The molecule has 0 spiro atoms. The first-order valence-electron chi connectivity index (χ1n) is 13.4. The Morgan fingerprint density at radius 3 is 2.52 bits per heavy atom. The lowest BCUT2D eigenvalue weighted by molar-refractivity contribution is 0.0941. The number of amides is 1. The molecule has 0 bridgehead atoms. The Labute approximate surface area is 241 Å². The number of nitrogens with two attached hydrogens (primary N) is 1. The highest BCUT2D eigenvalue weighted by Crippen LogP contribution is 2.25. The average molecular weight is 557 g/mol. The molecule has 42 heavy (non-hydrogen) atoms. The standard InChI is InChI=1S/C32H28N8O2/c1-19-15-16-34-30-28(29(33)37-40(19)30)31(41)36-20(2)26-17-23-10-8-9-22(13-14-24-18-35-38(4)21(24)3)27(23)32(42)39(26)25-11-6-5-7-12-25/h5-12,15-18,20H,1-4H3,(H2,33,37)(H,36,41). The molecule has 6 rings (SSSR count). The molecule has 1 atom stereocenters. The van der Waals surface area contributed by atoms with Crippen LogP contribution < -0.4 is 16.6 Å². The van der Waals surface area contributed by atoms with Gasteiger partial charge in [-0.1, -0.05) is 42.2 Å². The topological polar surface area (TPSA) is 125 Å². The van der Waals surface area contributed by atoms with Crippen LogP contribution in [-0.4, -0.2) is 34.9 Å². The maximum absolute atomic E-state index is 14.3. The monoisotopic (exact) mass is 556 g/mol. The number of nitrogens with zero attached hydrogens (tertiary/aromatic N) is 6. The molecular formula is C32H28N8O2. The molecule has 0 aliphatic carbocycles. The van der Waals surface area contributed by atoms with Gasteiger partial charge in [-0.15, -0.1) is 5.10 Å². The van der Waals surface area contributed by atoms with E-state index in [9.17, 15) is 9.59 Å². The van der Waals surface area contributed by atoms with Crippen molar-refractivity contribution in [2.24, 2.45) is 7.05 Å². The minimum atomic E-state index is -0.582. The van der Waals surface area contributed by atoms with E-state index in [-0.39, 0.29) is 16.9 Å². The second-order valence-electron chi connectivity index (χ2n) is 10.1. The number of nitrogens with one attached hydrogen (secondary N) is 1. The van der Waals surface area contributed by atoms with Gasteiger partial charge in [-0.2, -0.15) is 5.10 Å². The Balaban J connectivity index is 1.48. The molecule has 4 heterocycles. The van der Waals surface area contributed by atoms with E-state index in [1.165, 1.54) is 0 Å². The molecule has 0 saturated carbocycles. The second-order valence-corrected chi connectivity index (χ2v) is 10.1. The Kier molecular flexibility index (Phi) is 6.55. The van der Waals surface area contributed by atoms with Gasteiger partial charge in [0, 0.05) is 35.9 Å². The van der Waals surface area contributed by atoms with Gasteiger partial charge >= 0.3 is 0 Å². The fourth-order valence-electron chi connectivity index (χ4n) is 5.04. The Bertz CT molecular complexity index is 2130. The van der Waals surface area contributed by atoms with E-state index in [0.29, 0.717) is 33.4 Å². The summed E-state index contributed by atoms with van der Waals surface area (Å²) in [6, 6.07) is 18.0. The van der Waals surface area contributed by atoms with E-state index < -0.39 is 11.9 Å². The number of para-hydroxylation sites is 1. The summed E-state index contributed by atoms with van der Waals surface area (Å²) < 4.78 is 4.92. The number of pyridine rings is 1. The number of carbonyl (C=O) groups is 1. The zero-order valence-electron chi connectivity index (χ0n) is 23.6. The maximum Gasteiger partial charge on any atom is 0.264 e. The van der Waals surface area contributed by atoms with Gasteiger partial charge in [-0.05, 0) is 56.5 Å². The molecule has 6 aromatic rings. The Hall–Kier alpha value is -5.69. The number of nitrogen functional groups attached to an aromatic ring is 1. The number of hydrogen-bond acceptors (Lipinski definition) is 6. The van der Waals surface area contributed by atoms with Crippen molar-refractivity contribution in [1.82, 2.24) is 34.3 Å². The Morgan fingerprint density at radius 2 is 1.79 bits per heavy atom. The second kappa shape index (κ2) is 10.4. The third-order valence-electron chi connectivity index (χ3n) is 7.41. The molecule has 208 valence electrons. The highest BCUT2D eigenvalue weighted by molar-refractivity contribution is 6.04. The van der Waals surface area contributed by atoms with E-state index in [0.717, 1.165) is 17.0 Å². The van der Waals surface area contributed by atoms with Crippen LogP contribution in [0.25, 0.3) is 22.1 Å². The minimum Gasteiger partial charge on any atom is -0.381 e. The van der Waals surface area contributed by atoms with E-state index >= 15 is 0 Å². The van der Waals surface area contributed by atoms with Crippen LogP contribution in [-0.2, 0) is 7.05 Å². The van der Waals surface area contributed by atoms with Gasteiger partial charge in [0.05, 0.1) is 28.9 Å². The predicted octanol–water partition coefficient (Wildman–Crippen LogP) is 3.86. The van der Waals surface area contributed by atoms with Gasteiger partial charge in [-0.25, -0.2) is 9.50 Å². The number of fused-ring (bicyclic) bond motifs is 2. The molecule has 0 aliphatic rings. The van der Waals surface area contributed by atoms with Gasteiger partial charge in [0.25, 0.3) is 11.5 Å². The van der Waals surface area contributed by atoms with Crippen LogP contribution in [0.5, 0.6) is 0 Å². The molecule has 4 aromatic heterocycles. The lowest BCUT2D eigenvalue weighted by atomic mass is 10.0. The number of rotatable bonds is 4. The average Bonchev–Trinajstić information content (AvgIpc) is 3.50. The fraction of sp³-hybridized carbons (Fsp3) is 0.156. The van der Waals surface area contributed by atoms with Crippen LogP contribution in [0, 0.1) is 25.7 Å². The molecule has 1 amide bonds. The zero-order valence-corrected chi connectivity index (χ0v) is 23.6. The van der Waals surface area contributed by atoms with Crippen LogP contribution in [0.3, 0.4) is 0 Å². The molecule has 10 nitrogen and oxygen atoms in total. The summed E-state index contributed by atoms with van der Waals surface area (Å²) in [5.74, 6) is 5.99. The predicted molar refractivity (Wildman–Crippen MR) is 161 cm³/mol. The van der Waals surface area contributed by atoms with E-state index in [1.54, 1.807) is 32.2 Å². The van der Waals surface area contributed by atoms with Crippen molar-refractivity contribution in [1.29, 1.82) is 0 Å². The van der Waals surface area contributed by atoms with Crippen LogP contribution in [0.1, 0.15) is 51.5 Å². The van der Waals surface area contributed by atoms with Crippen LogP contribution in [0.2, 0.25) is 0 Å². The van der Waals surface area contributed by atoms with E-state index in [1.807, 2.05) is 82.4 Å². The van der Waals surface area contributed by atoms with Gasteiger partial charge in [0.15, 0.2) is 11.5 Å². The molecule has 3 N–H and O–H groups in total. The third-order valence-corrected chi connectivity index (χ3v) is 7.41. The van der Waals surface area contributed by atoms with Crippen molar-refractivity contribution < 1.29 is 4.79 Å². The van der Waals surface area contributed by atoms with Crippen molar-refractivity contribution in [3.8, 4) is 17.5 Å². The molecule has 10 heteroatoms. The van der Waals surface area contributed by atoms with Crippen molar-refractivity contribution in [3.05, 3.63) is 117 Å². The Morgan fingerprint density at radius 1 is 1.02 bits per heavy atom. The van der Waals surface area contributed by atoms with Gasteiger partial charge in [0.1, 0.15) is 5.56 Å². The molecule has 1 unspecified atom stereocenters. The molecule has 0 aliphatic heterocycles. The molecule has 0 saturated heterocycles. The summed E-state index contributed by atoms with van der Waals surface area (Å²) in [5.41, 5.74) is 10.9. The molecule has 0 fully saturated rings. The summed E-state index contributed by atoms with van der Waals surface area (Å²) in [6.07, 6.45) is 3.32. The summed E-state index contributed by atoms with van der Waals surface area (Å²) in [6.45, 7) is 5.63. The number of benzene rings is 2. The fourth-order valence-corrected chi connectivity index (χ4v) is 5.04. The summed E-state index contributed by atoms with van der Waals surface area (Å²) in [7, 11) is 1.86. The van der Waals surface area contributed by atoms with E-state index in [2.05, 4.69) is 32.3 Å². The van der Waals surface area contributed by atoms with Crippen molar-refractivity contribution >= 4 is 28.1 Å². The smallest absolute Gasteiger partial charge is 0.264 e. The van der Waals surface area contributed by atoms with Gasteiger partial charge in [-0.3, -0.25) is 18.8 Å². The summed E-state index contributed by atoms with van der Waals surface area (Å²) in [4.78, 5) is 32.1.